The predicted molar refractivity (Wildman–Crippen MR) is 86.8 cm³/mol. The zero-order valence-electron chi connectivity index (χ0n) is 12.2. The van der Waals surface area contributed by atoms with Gasteiger partial charge in [-0.15, -0.1) is 0 Å². The summed E-state index contributed by atoms with van der Waals surface area (Å²) in [6, 6.07) is 9.65. The van der Waals surface area contributed by atoms with Crippen LogP contribution in [0.2, 0.25) is 0 Å². The first kappa shape index (κ1) is 17.2. The first-order chi connectivity index (χ1) is 10.2. The van der Waals surface area contributed by atoms with E-state index in [1.807, 2.05) is 44.3 Å². The van der Waals surface area contributed by atoms with Crippen molar-refractivity contribution in [2.45, 2.75) is 18.2 Å². The summed E-state index contributed by atoms with van der Waals surface area (Å²) in [6.45, 7) is 2.67. The van der Waals surface area contributed by atoms with Gasteiger partial charge >= 0.3 is 0 Å². The number of benzene rings is 1. The average Bonchev–Trinajstić information content (AvgIpc) is 2.47. The molecule has 0 fully saturated rings. The Morgan fingerprint density at radius 3 is 2.71 bits per heavy atom. The van der Waals surface area contributed by atoms with Gasteiger partial charge < -0.3 is 10.5 Å². The Morgan fingerprint density at radius 2 is 2.14 bits per heavy atom. The molecule has 1 aromatic rings. The third-order valence-electron chi connectivity index (χ3n) is 2.28. The molecule has 0 aromatic heterocycles. The van der Waals surface area contributed by atoms with Gasteiger partial charge in [0, 0.05) is 11.5 Å². The maximum atomic E-state index is 8.83. The molecule has 0 bridgehead atoms. The zero-order chi connectivity index (χ0) is 15.5. The lowest BCUT2D eigenvalue weighted by Gasteiger charge is -2.03. The van der Waals surface area contributed by atoms with E-state index >= 15 is 0 Å². The van der Waals surface area contributed by atoms with E-state index in [0.29, 0.717) is 18.3 Å². The highest BCUT2D eigenvalue weighted by Crippen LogP contribution is 2.19. The van der Waals surface area contributed by atoms with Crippen LogP contribution in [0.3, 0.4) is 0 Å². The van der Waals surface area contributed by atoms with Gasteiger partial charge in [-0.05, 0) is 50.2 Å². The van der Waals surface area contributed by atoms with Crippen molar-refractivity contribution in [3.63, 3.8) is 0 Å². The molecule has 1 aromatic carbocycles. The normalized spacial score (nSPS) is 12.2. The van der Waals surface area contributed by atoms with Crippen LogP contribution in [0.1, 0.15) is 13.3 Å². The number of nitrogens with zero attached hydrogens (tertiary/aromatic N) is 3. The third kappa shape index (κ3) is 6.90. The van der Waals surface area contributed by atoms with Gasteiger partial charge in [0.15, 0.2) is 0 Å². The fourth-order valence-electron chi connectivity index (χ4n) is 1.44. The van der Waals surface area contributed by atoms with E-state index in [0.717, 1.165) is 10.6 Å². The average molecular weight is 305 g/mol. The van der Waals surface area contributed by atoms with Crippen LogP contribution in [0, 0.1) is 11.3 Å². The molecule has 0 atom stereocenters. The third-order valence-corrected chi connectivity index (χ3v) is 2.99. The fraction of sp³-hybridized carbons (Fsp3) is 0.357. The van der Waals surface area contributed by atoms with Gasteiger partial charge in [-0.2, -0.15) is 5.26 Å². The fourth-order valence-corrected chi connectivity index (χ4v) is 1.94. The summed E-state index contributed by atoms with van der Waals surface area (Å²) >= 11 is 1.52. The molecule has 0 saturated heterocycles. The van der Waals surface area contributed by atoms with Gasteiger partial charge in [0.1, 0.15) is 18.3 Å². The molecule has 0 heterocycles. The van der Waals surface area contributed by atoms with Crippen LogP contribution in [0.15, 0.2) is 39.1 Å². The highest BCUT2D eigenvalue weighted by Gasteiger charge is 2.01. The molecule has 0 spiro atoms. The van der Waals surface area contributed by atoms with Gasteiger partial charge in [0.2, 0.25) is 0 Å². The molecule has 7 heteroatoms. The monoisotopic (exact) mass is 305 g/mol. The van der Waals surface area contributed by atoms with Crippen LogP contribution < -0.4 is 10.5 Å². The smallest absolute Gasteiger partial charge is 0.145 e. The van der Waals surface area contributed by atoms with Gasteiger partial charge in [-0.3, -0.25) is 4.72 Å². The number of nitriles is 1. The summed E-state index contributed by atoms with van der Waals surface area (Å²) in [7, 11) is 1.86. The summed E-state index contributed by atoms with van der Waals surface area (Å²) in [5.74, 6) is 0.692. The van der Waals surface area contributed by atoms with Crippen molar-refractivity contribution in [2.24, 2.45) is 15.7 Å². The first-order valence-electron chi connectivity index (χ1n) is 6.48. The van der Waals surface area contributed by atoms with Crippen LogP contribution in [0.5, 0.6) is 0 Å². The quantitative estimate of drug-likeness (QED) is 0.457. The van der Waals surface area contributed by atoms with Crippen molar-refractivity contribution >= 4 is 29.3 Å². The van der Waals surface area contributed by atoms with Gasteiger partial charge in [-0.1, -0.05) is 0 Å². The van der Waals surface area contributed by atoms with Gasteiger partial charge in [0.05, 0.1) is 18.2 Å². The number of hydrogen-bond donors (Lipinski definition) is 2. The van der Waals surface area contributed by atoms with Crippen molar-refractivity contribution in [1.29, 1.82) is 5.26 Å². The molecule has 0 radical (unpaired) electrons. The number of nitrogens with two attached hydrogens (primary N) is 1. The molecule has 0 saturated carbocycles. The number of ether oxygens (including phenoxy) is 1. The Labute approximate surface area is 129 Å². The molecule has 0 aliphatic heterocycles. The Kier molecular flexibility index (Phi) is 8.12. The Hall–Kier alpha value is -1.88. The van der Waals surface area contributed by atoms with Crippen LogP contribution in [0.25, 0.3) is 0 Å². The van der Waals surface area contributed by atoms with Gasteiger partial charge in [-0.25, -0.2) is 9.98 Å². The van der Waals surface area contributed by atoms with E-state index < -0.39 is 0 Å². The molecule has 21 heavy (non-hydrogen) atoms. The molecule has 6 nitrogen and oxygen atoms in total. The lowest BCUT2D eigenvalue weighted by molar-refractivity contribution is 0.187. The molecule has 0 amide bonds. The maximum Gasteiger partial charge on any atom is 0.145 e. The first-order valence-corrected chi connectivity index (χ1v) is 7.30. The van der Waals surface area contributed by atoms with Crippen molar-refractivity contribution in [1.82, 2.24) is 4.72 Å². The Morgan fingerprint density at radius 1 is 1.43 bits per heavy atom. The number of hydrogen-bond acceptors (Lipinski definition) is 5. The summed E-state index contributed by atoms with van der Waals surface area (Å²) < 4.78 is 8.16. The van der Waals surface area contributed by atoms with E-state index in [9.17, 15) is 0 Å². The summed E-state index contributed by atoms with van der Waals surface area (Å²) in [4.78, 5) is 9.56. The SMILES string of the molecule is CCOCC(N)=NC(CC#N)=Nc1ccc(SNC)cc1. The van der Waals surface area contributed by atoms with Crippen LogP contribution >= 0.6 is 11.9 Å². The van der Waals surface area contributed by atoms with Crippen molar-refractivity contribution in [2.75, 3.05) is 20.3 Å². The van der Waals surface area contributed by atoms with E-state index in [-0.39, 0.29) is 13.0 Å². The summed E-state index contributed by atoms with van der Waals surface area (Å²) in [5, 5.41) is 8.83. The van der Waals surface area contributed by atoms with E-state index in [4.69, 9.17) is 15.7 Å². The lowest BCUT2D eigenvalue weighted by Crippen LogP contribution is -2.20. The maximum absolute atomic E-state index is 8.83. The minimum atomic E-state index is 0.0971. The van der Waals surface area contributed by atoms with Crippen LogP contribution in [-0.2, 0) is 4.74 Å². The molecular formula is C14H19N5OS. The van der Waals surface area contributed by atoms with Crippen LogP contribution in [-0.4, -0.2) is 31.9 Å². The molecule has 112 valence electrons. The second-order valence-corrected chi connectivity index (χ2v) is 4.99. The van der Waals surface area contributed by atoms with Crippen LogP contribution in [0.4, 0.5) is 5.69 Å². The van der Waals surface area contributed by atoms with Crippen molar-refractivity contribution in [3.8, 4) is 6.07 Å². The van der Waals surface area contributed by atoms with Crippen molar-refractivity contribution in [3.05, 3.63) is 24.3 Å². The Balaban J connectivity index is 2.86. The standard InChI is InChI=1S/C14H19N5OS/c1-3-20-10-13(16)19-14(8-9-15)18-11-4-6-12(7-5-11)21-17-2/h4-7,17H,3,8,10H2,1-2H3,(H2,16,18,19). The molecular weight excluding hydrogens is 286 g/mol. The van der Waals surface area contributed by atoms with E-state index in [1.165, 1.54) is 11.9 Å². The highest BCUT2D eigenvalue weighted by atomic mass is 32.2. The minimum Gasteiger partial charge on any atom is -0.385 e. The molecule has 1 rings (SSSR count). The molecule has 0 aliphatic rings. The van der Waals surface area contributed by atoms with Crippen molar-refractivity contribution < 1.29 is 4.74 Å². The lowest BCUT2D eigenvalue weighted by atomic mass is 10.3. The highest BCUT2D eigenvalue weighted by molar-refractivity contribution is 7.97. The van der Waals surface area contributed by atoms with Gasteiger partial charge in [0.25, 0.3) is 0 Å². The minimum absolute atomic E-state index is 0.0971. The summed E-state index contributed by atoms with van der Waals surface area (Å²) in [6.07, 6.45) is 0.0971. The molecule has 0 unspecified atom stereocenters. The second-order valence-electron chi connectivity index (χ2n) is 3.90. The van der Waals surface area contributed by atoms with E-state index in [1.54, 1.807) is 0 Å². The largest absolute Gasteiger partial charge is 0.385 e. The number of aliphatic imine (C=N–C) groups is 2. The number of nitrogens with one attached hydrogen (secondary N) is 1. The second kappa shape index (κ2) is 9.94. The number of rotatable bonds is 7. The van der Waals surface area contributed by atoms with E-state index in [2.05, 4.69) is 14.7 Å². The predicted octanol–water partition coefficient (Wildman–Crippen LogP) is 2.25. The molecule has 0 aliphatic carbocycles. The summed E-state index contributed by atoms with van der Waals surface area (Å²) in [5.41, 5.74) is 6.46. The zero-order valence-corrected chi connectivity index (χ0v) is 13.0. The molecule has 3 N–H and O–H groups in total. The Bertz CT molecular complexity index is 533. The topological polar surface area (TPSA) is 95.8 Å². The number of amidine groups is 2.